The summed E-state index contributed by atoms with van der Waals surface area (Å²) in [6, 6.07) is 11.8. The van der Waals surface area contributed by atoms with Crippen molar-refractivity contribution in [2.75, 3.05) is 19.4 Å². The molecule has 3 aromatic rings. The quantitative estimate of drug-likeness (QED) is 0.511. The highest BCUT2D eigenvalue weighted by Crippen LogP contribution is 2.32. The number of aromatic amines is 1. The molecule has 4 rings (SSSR count). The van der Waals surface area contributed by atoms with Gasteiger partial charge in [-0.25, -0.2) is 13.4 Å². The normalized spacial score (nSPS) is 16.7. The fourth-order valence-electron chi connectivity index (χ4n) is 3.12. The first-order valence-corrected chi connectivity index (χ1v) is 12.2. The molecule has 1 aliphatic rings. The molecule has 0 spiro atoms. The SMILES string of the molecule is C[C@H]1CN=C(c2ccc(-c3cc(Oc4ccc(S(C)(=O)=O)nn4)cc(O[C@@H](C)CO)c3)[nH]2)O1. The number of aliphatic imine (C=N–C) groups is 1. The second-order valence-corrected chi connectivity index (χ2v) is 9.71. The van der Waals surface area contributed by atoms with Crippen LogP contribution in [-0.2, 0) is 14.6 Å². The molecule has 174 valence electrons. The Balaban J connectivity index is 1.64. The van der Waals surface area contributed by atoms with Gasteiger partial charge in [0.1, 0.15) is 29.4 Å². The molecule has 2 N–H and O–H groups in total. The van der Waals surface area contributed by atoms with E-state index in [0.29, 0.717) is 23.9 Å². The van der Waals surface area contributed by atoms with Crippen LogP contribution in [0, 0.1) is 0 Å². The van der Waals surface area contributed by atoms with Gasteiger partial charge in [-0.1, -0.05) is 0 Å². The van der Waals surface area contributed by atoms with Crippen molar-refractivity contribution in [3.05, 3.63) is 48.2 Å². The third kappa shape index (κ3) is 5.49. The molecule has 0 radical (unpaired) electrons. The zero-order valence-corrected chi connectivity index (χ0v) is 19.2. The van der Waals surface area contributed by atoms with E-state index < -0.39 is 15.9 Å². The summed E-state index contributed by atoms with van der Waals surface area (Å²) in [6.45, 7) is 4.16. The number of ether oxygens (including phenoxy) is 3. The highest BCUT2D eigenvalue weighted by Gasteiger charge is 2.19. The van der Waals surface area contributed by atoms with Gasteiger partial charge in [0.25, 0.3) is 0 Å². The number of aliphatic hydroxyl groups excluding tert-OH is 1. The van der Waals surface area contributed by atoms with Crippen LogP contribution in [0.5, 0.6) is 17.4 Å². The number of benzene rings is 1. The zero-order valence-electron chi connectivity index (χ0n) is 18.3. The fourth-order valence-corrected chi connectivity index (χ4v) is 3.62. The van der Waals surface area contributed by atoms with Crippen molar-refractivity contribution in [2.45, 2.75) is 31.1 Å². The van der Waals surface area contributed by atoms with Crippen molar-refractivity contribution < 1.29 is 27.7 Å². The average Bonchev–Trinajstić information content (AvgIpc) is 3.42. The number of rotatable bonds is 8. The minimum Gasteiger partial charge on any atom is -0.488 e. The lowest BCUT2D eigenvalue weighted by Gasteiger charge is -2.15. The van der Waals surface area contributed by atoms with Gasteiger partial charge in [0.2, 0.25) is 11.8 Å². The van der Waals surface area contributed by atoms with Gasteiger partial charge < -0.3 is 24.3 Å². The Morgan fingerprint density at radius 2 is 1.91 bits per heavy atom. The number of sulfone groups is 1. The smallest absolute Gasteiger partial charge is 0.238 e. The minimum absolute atomic E-state index is 0.0404. The van der Waals surface area contributed by atoms with E-state index in [4.69, 9.17) is 14.2 Å². The second-order valence-electron chi connectivity index (χ2n) is 7.75. The molecule has 0 fully saturated rings. The first-order valence-electron chi connectivity index (χ1n) is 10.3. The lowest BCUT2D eigenvalue weighted by molar-refractivity contribution is 0.129. The third-order valence-corrected chi connectivity index (χ3v) is 5.70. The van der Waals surface area contributed by atoms with Crippen LogP contribution in [-0.4, -0.2) is 66.2 Å². The van der Waals surface area contributed by atoms with Crippen molar-refractivity contribution >= 4 is 15.7 Å². The van der Waals surface area contributed by atoms with E-state index >= 15 is 0 Å². The maximum absolute atomic E-state index is 11.6. The van der Waals surface area contributed by atoms with Gasteiger partial charge in [-0.15, -0.1) is 10.2 Å². The number of nitrogens with zero attached hydrogens (tertiary/aromatic N) is 3. The molecule has 0 amide bonds. The summed E-state index contributed by atoms with van der Waals surface area (Å²) in [5.74, 6) is 1.56. The molecule has 2 atom stereocenters. The van der Waals surface area contributed by atoms with Crippen molar-refractivity contribution in [3.8, 4) is 28.6 Å². The van der Waals surface area contributed by atoms with Gasteiger partial charge in [-0.05, 0) is 44.2 Å². The highest BCUT2D eigenvalue weighted by atomic mass is 32.2. The Bertz CT molecular complexity index is 1270. The standard InChI is InChI=1S/C22H24N4O6S/c1-13-11-23-22(31-13)19-5-4-18(24-19)15-8-16(30-14(2)12-27)10-17(9-15)32-20-6-7-21(26-25-20)33(3,28)29/h4-10,13-14,24,27H,11-12H2,1-3H3/t13-,14-/m0/s1. The van der Waals surface area contributed by atoms with Crippen LogP contribution in [0.15, 0.2) is 52.5 Å². The van der Waals surface area contributed by atoms with Gasteiger partial charge in [0.05, 0.1) is 13.2 Å². The molecule has 11 heteroatoms. The molecule has 1 aliphatic heterocycles. The van der Waals surface area contributed by atoms with Gasteiger partial charge in [-0.2, -0.15) is 0 Å². The molecule has 33 heavy (non-hydrogen) atoms. The fraction of sp³-hybridized carbons (Fsp3) is 0.318. The first-order chi connectivity index (χ1) is 15.7. The summed E-state index contributed by atoms with van der Waals surface area (Å²) < 4.78 is 40.5. The second kappa shape index (κ2) is 9.20. The molecule has 1 aromatic carbocycles. The number of aromatic nitrogens is 3. The lowest BCUT2D eigenvalue weighted by atomic mass is 10.1. The molecule has 3 heterocycles. The first kappa shape index (κ1) is 22.7. The molecule has 0 saturated heterocycles. The number of hydrogen-bond donors (Lipinski definition) is 2. The summed E-state index contributed by atoms with van der Waals surface area (Å²) in [7, 11) is -3.46. The van der Waals surface area contributed by atoms with E-state index in [1.165, 1.54) is 12.1 Å². The average molecular weight is 473 g/mol. The highest BCUT2D eigenvalue weighted by molar-refractivity contribution is 7.90. The number of aliphatic hydroxyl groups is 1. The summed E-state index contributed by atoms with van der Waals surface area (Å²) in [6.07, 6.45) is 0.669. The lowest BCUT2D eigenvalue weighted by Crippen LogP contribution is -2.16. The summed E-state index contributed by atoms with van der Waals surface area (Å²) in [5.41, 5.74) is 2.29. The maximum Gasteiger partial charge on any atom is 0.238 e. The minimum atomic E-state index is -3.46. The van der Waals surface area contributed by atoms with Crippen molar-refractivity contribution in [3.63, 3.8) is 0 Å². The van der Waals surface area contributed by atoms with Crippen LogP contribution in [0.1, 0.15) is 19.5 Å². The van der Waals surface area contributed by atoms with Gasteiger partial charge >= 0.3 is 0 Å². The Kier molecular flexibility index (Phi) is 6.34. The molecule has 0 aliphatic carbocycles. The number of hydrogen-bond acceptors (Lipinski definition) is 9. The molecule has 10 nitrogen and oxygen atoms in total. The Morgan fingerprint density at radius 1 is 1.15 bits per heavy atom. The molecule has 0 bridgehead atoms. The van der Waals surface area contributed by atoms with Crippen LogP contribution in [0.2, 0.25) is 0 Å². The molecule has 0 saturated carbocycles. The van der Waals surface area contributed by atoms with Crippen LogP contribution in [0.3, 0.4) is 0 Å². The van der Waals surface area contributed by atoms with Gasteiger partial charge in [0, 0.05) is 29.6 Å². The molecule has 0 unspecified atom stereocenters. The van der Waals surface area contributed by atoms with Gasteiger partial charge in [-0.3, -0.25) is 0 Å². The van der Waals surface area contributed by atoms with Gasteiger partial charge in [0.15, 0.2) is 14.9 Å². The van der Waals surface area contributed by atoms with E-state index in [1.807, 2.05) is 25.1 Å². The maximum atomic E-state index is 11.6. The van der Waals surface area contributed by atoms with E-state index in [2.05, 4.69) is 20.2 Å². The summed E-state index contributed by atoms with van der Waals surface area (Å²) >= 11 is 0. The van der Waals surface area contributed by atoms with E-state index in [0.717, 1.165) is 23.2 Å². The van der Waals surface area contributed by atoms with E-state index in [9.17, 15) is 13.5 Å². The van der Waals surface area contributed by atoms with Crippen LogP contribution >= 0.6 is 0 Å². The van der Waals surface area contributed by atoms with Crippen molar-refractivity contribution in [1.82, 2.24) is 15.2 Å². The van der Waals surface area contributed by atoms with E-state index in [1.54, 1.807) is 19.1 Å². The van der Waals surface area contributed by atoms with Crippen LogP contribution < -0.4 is 9.47 Å². The number of H-pyrrole nitrogens is 1. The van der Waals surface area contributed by atoms with Crippen LogP contribution in [0.4, 0.5) is 0 Å². The topological polar surface area (TPSA) is 136 Å². The molecular formula is C22H24N4O6S. The Hall–Kier alpha value is -3.44. The largest absolute Gasteiger partial charge is 0.488 e. The van der Waals surface area contributed by atoms with Crippen molar-refractivity contribution in [1.29, 1.82) is 0 Å². The molecule has 2 aromatic heterocycles. The predicted octanol–water partition coefficient (Wildman–Crippen LogP) is 2.59. The monoisotopic (exact) mass is 472 g/mol. The van der Waals surface area contributed by atoms with E-state index in [-0.39, 0.29) is 23.6 Å². The number of nitrogens with one attached hydrogen (secondary N) is 1. The Morgan fingerprint density at radius 3 is 2.55 bits per heavy atom. The summed E-state index contributed by atoms with van der Waals surface area (Å²) in [5, 5.41) is 16.8. The van der Waals surface area contributed by atoms with Crippen LogP contribution in [0.25, 0.3) is 11.3 Å². The summed E-state index contributed by atoms with van der Waals surface area (Å²) in [4.78, 5) is 7.68. The third-order valence-electron chi connectivity index (χ3n) is 4.72. The Labute approximate surface area is 191 Å². The predicted molar refractivity (Wildman–Crippen MR) is 121 cm³/mol. The van der Waals surface area contributed by atoms with Crippen molar-refractivity contribution in [2.24, 2.45) is 4.99 Å². The molecular weight excluding hydrogens is 448 g/mol. The zero-order chi connectivity index (χ0) is 23.6.